The van der Waals surface area contributed by atoms with Crippen molar-refractivity contribution in [2.75, 3.05) is 25.5 Å². The Balaban J connectivity index is 1.35. The number of rotatable bonds is 17. The van der Waals surface area contributed by atoms with Crippen molar-refractivity contribution in [3.05, 3.63) is 83.9 Å². The zero-order valence-corrected chi connectivity index (χ0v) is 25.9. The number of nitrogens with one attached hydrogen (secondary N) is 1. The van der Waals surface area contributed by atoms with Crippen LogP contribution in [0, 0.1) is 0 Å². The molecule has 3 rings (SSSR count). The number of nitrogens with two attached hydrogens (primary N) is 1. The quantitative estimate of drug-likeness (QED) is 0.0840. The van der Waals surface area contributed by atoms with Gasteiger partial charge in [0.2, 0.25) is 0 Å². The number of anilines is 1. The third kappa shape index (κ3) is 11.6. The summed E-state index contributed by atoms with van der Waals surface area (Å²) in [6.07, 6.45) is -1.53. The molecule has 0 aliphatic rings. The maximum atomic E-state index is 14.8. The van der Waals surface area contributed by atoms with E-state index < -0.39 is 43.8 Å². The Labute approximate surface area is 260 Å². The molecule has 2 unspecified atom stereocenters. The van der Waals surface area contributed by atoms with Crippen LogP contribution in [0.5, 0.6) is 5.75 Å². The van der Waals surface area contributed by atoms with Crippen molar-refractivity contribution in [3.63, 3.8) is 0 Å². The minimum atomic E-state index is -4.96. The van der Waals surface area contributed by atoms with E-state index in [1.807, 2.05) is 43.3 Å². The van der Waals surface area contributed by atoms with Gasteiger partial charge < -0.3 is 20.5 Å². The number of hydrogen-bond acceptors (Lipinski definition) is 9. The Hall–Kier alpha value is -4.29. The lowest BCUT2D eigenvalue weighted by Gasteiger charge is -2.15. The summed E-state index contributed by atoms with van der Waals surface area (Å²) in [6, 6.07) is 18.5. The van der Waals surface area contributed by atoms with Crippen LogP contribution in [0.2, 0.25) is 0 Å². The molecule has 0 radical (unpaired) electrons. The summed E-state index contributed by atoms with van der Waals surface area (Å²) in [7, 11) is -1.05. The van der Waals surface area contributed by atoms with Gasteiger partial charge in [-0.15, -0.1) is 0 Å². The predicted octanol–water partition coefficient (Wildman–Crippen LogP) is 5.50. The largest absolute Gasteiger partial charge is 0.524 e. The zero-order chi connectivity index (χ0) is 33.0. The van der Waals surface area contributed by atoms with E-state index in [2.05, 4.69) is 20.1 Å². The topological polar surface area (TPSA) is 184 Å². The number of amides is 1. The van der Waals surface area contributed by atoms with Gasteiger partial charge in [-0.3, -0.25) is 24.2 Å². The first-order chi connectivity index (χ1) is 21.3. The molecule has 2 atom stereocenters. The molecule has 240 valence electrons. The molecule has 5 N–H and O–H groups in total. The monoisotopic (exact) mass is 641 g/mol. The highest BCUT2D eigenvalue weighted by atomic mass is 31.2. The van der Waals surface area contributed by atoms with Gasteiger partial charge in [0, 0.05) is 50.3 Å². The first-order valence-electron chi connectivity index (χ1n) is 14.2. The molecule has 1 amide bonds. The van der Waals surface area contributed by atoms with Gasteiger partial charge in [0.25, 0.3) is 5.91 Å². The molecule has 0 aliphatic heterocycles. The van der Waals surface area contributed by atoms with Gasteiger partial charge in [0.1, 0.15) is 11.5 Å². The molecule has 45 heavy (non-hydrogen) atoms. The van der Waals surface area contributed by atoms with Gasteiger partial charge in [0.15, 0.2) is 12.0 Å². The van der Waals surface area contributed by atoms with Crippen LogP contribution in [0.25, 0.3) is 0 Å². The summed E-state index contributed by atoms with van der Waals surface area (Å²) >= 11 is 0. The lowest BCUT2D eigenvalue weighted by molar-refractivity contribution is -0.127. The second-order valence-electron chi connectivity index (χ2n) is 10.4. The van der Waals surface area contributed by atoms with E-state index in [-0.39, 0.29) is 17.9 Å². The Kier molecular flexibility index (Phi) is 13.1. The van der Waals surface area contributed by atoms with Crippen LogP contribution in [0.4, 0.5) is 21.5 Å². The number of carbonyl (C=O) groups excluding carboxylic acids is 3. The fourth-order valence-corrected chi connectivity index (χ4v) is 4.62. The lowest BCUT2D eigenvalue weighted by atomic mass is 9.98. The van der Waals surface area contributed by atoms with Gasteiger partial charge >= 0.3 is 7.82 Å². The van der Waals surface area contributed by atoms with E-state index in [0.717, 1.165) is 11.8 Å². The van der Waals surface area contributed by atoms with E-state index in [0.29, 0.717) is 42.7 Å². The fraction of sp³-hybridized carbons (Fsp3) is 0.323. The highest BCUT2D eigenvalue weighted by Crippen LogP contribution is 2.41. The third-order valence-electron chi connectivity index (χ3n) is 6.73. The van der Waals surface area contributed by atoms with E-state index in [9.17, 15) is 23.3 Å². The Bertz CT molecular complexity index is 1530. The van der Waals surface area contributed by atoms with E-state index in [1.54, 1.807) is 24.3 Å². The highest BCUT2D eigenvalue weighted by Gasteiger charge is 2.27. The van der Waals surface area contributed by atoms with Gasteiger partial charge in [-0.2, -0.15) is 10.2 Å². The van der Waals surface area contributed by atoms with Crippen molar-refractivity contribution in [1.82, 2.24) is 5.32 Å². The Morgan fingerprint density at radius 3 is 2.09 bits per heavy atom. The van der Waals surface area contributed by atoms with Crippen LogP contribution in [0.15, 0.2) is 83.0 Å². The highest BCUT2D eigenvalue weighted by molar-refractivity contribution is 7.46. The smallest absolute Gasteiger partial charge is 0.404 e. The van der Waals surface area contributed by atoms with E-state index >= 15 is 0 Å². The summed E-state index contributed by atoms with van der Waals surface area (Å²) in [5, 5.41) is 11.2. The standard InChI is InChI=1S/C31H37FN5O7P/c1-37(2)24-16-14-23(15-17-24)36-35-22-12-10-21(11-13-22)31(40)34-20-6-5-8-26(33)27(38)18-19-28(39)30(32)25-7-3-4-9-29(25)44-45(41,42)43/h3-4,7,9-17,26,30H,5-6,8,18-20,33H2,1-2H3,(H,34,40)(H2,41,42,43). The molecule has 0 saturated carbocycles. The molecule has 0 heterocycles. The number of hydrogen-bond donors (Lipinski definition) is 4. The van der Waals surface area contributed by atoms with E-state index in [4.69, 9.17) is 15.5 Å². The predicted molar refractivity (Wildman–Crippen MR) is 168 cm³/mol. The molecule has 3 aromatic rings. The zero-order valence-electron chi connectivity index (χ0n) is 25.0. The maximum Gasteiger partial charge on any atom is 0.524 e. The van der Waals surface area contributed by atoms with Crippen molar-refractivity contribution in [2.45, 2.75) is 44.3 Å². The number of nitrogens with zero attached hydrogens (tertiary/aromatic N) is 3. The SMILES string of the molecule is CN(C)c1ccc(N=Nc2ccc(C(=O)NCCCCC(N)C(=O)CCC(=O)C(F)c3ccccc3OP(=O)(O)O)cc2)cc1. The average Bonchev–Trinajstić information content (AvgIpc) is 3.01. The van der Waals surface area contributed by atoms with E-state index in [1.165, 1.54) is 18.2 Å². The minimum absolute atomic E-state index is 0.259. The number of carbonyl (C=O) groups is 3. The van der Waals surface area contributed by atoms with Crippen molar-refractivity contribution in [1.29, 1.82) is 0 Å². The second kappa shape index (κ2) is 16.7. The number of halogens is 1. The number of para-hydroxylation sites is 1. The number of Topliss-reactive ketones (excluding diaryl/α,β-unsaturated/α-hetero) is 2. The van der Waals surface area contributed by atoms with Gasteiger partial charge in [-0.1, -0.05) is 18.2 Å². The van der Waals surface area contributed by atoms with Crippen LogP contribution >= 0.6 is 7.82 Å². The van der Waals surface area contributed by atoms with Crippen LogP contribution in [-0.4, -0.2) is 53.9 Å². The number of alkyl halides is 1. The van der Waals surface area contributed by atoms with Crippen molar-refractivity contribution >= 4 is 42.4 Å². The molecule has 0 bridgehead atoms. The van der Waals surface area contributed by atoms with Crippen LogP contribution in [-0.2, 0) is 14.2 Å². The normalized spacial score (nSPS) is 12.8. The van der Waals surface area contributed by atoms with Crippen molar-refractivity contribution < 1.29 is 37.6 Å². The summed E-state index contributed by atoms with van der Waals surface area (Å²) < 4.78 is 30.4. The van der Waals surface area contributed by atoms with Crippen LogP contribution in [0.1, 0.15) is 54.2 Å². The minimum Gasteiger partial charge on any atom is -0.404 e. The number of unbranched alkanes of at least 4 members (excludes halogenated alkanes) is 1. The lowest BCUT2D eigenvalue weighted by Crippen LogP contribution is -2.31. The molecular weight excluding hydrogens is 604 g/mol. The summed E-state index contributed by atoms with van der Waals surface area (Å²) in [5.41, 5.74) is 8.43. The number of benzene rings is 3. The van der Waals surface area contributed by atoms with Crippen LogP contribution < -0.4 is 20.5 Å². The number of phosphoric acid groups is 1. The molecule has 0 aliphatic carbocycles. The average molecular weight is 642 g/mol. The molecule has 0 saturated heterocycles. The number of ketones is 2. The molecule has 0 fully saturated rings. The Morgan fingerprint density at radius 1 is 0.911 bits per heavy atom. The van der Waals surface area contributed by atoms with Gasteiger partial charge in [0.05, 0.1) is 17.4 Å². The summed E-state index contributed by atoms with van der Waals surface area (Å²) in [6.45, 7) is 0.363. The third-order valence-corrected chi connectivity index (χ3v) is 7.16. The first-order valence-corrected chi connectivity index (χ1v) is 15.7. The second-order valence-corrected chi connectivity index (χ2v) is 11.6. The van der Waals surface area contributed by atoms with Gasteiger partial charge in [-0.05, 0) is 73.9 Å². The molecule has 0 aromatic heterocycles. The molecule has 14 heteroatoms. The maximum absolute atomic E-state index is 14.8. The fourth-order valence-electron chi connectivity index (χ4n) is 4.20. The van der Waals surface area contributed by atoms with Crippen LogP contribution in [0.3, 0.4) is 0 Å². The van der Waals surface area contributed by atoms with Crippen molar-refractivity contribution in [3.8, 4) is 5.75 Å². The number of azo groups is 1. The summed E-state index contributed by atoms with van der Waals surface area (Å²) in [4.78, 5) is 57.2. The van der Waals surface area contributed by atoms with Crippen molar-refractivity contribution in [2.24, 2.45) is 16.0 Å². The van der Waals surface area contributed by atoms with Gasteiger partial charge in [-0.25, -0.2) is 8.96 Å². The summed E-state index contributed by atoms with van der Waals surface area (Å²) in [5.74, 6) is -2.07. The molecule has 0 spiro atoms. The molecule has 12 nitrogen and oxygen atoms in total. The first kappa shape index (κ1) is 35.2. The molecule has 3 aromatic carbocycles. The number of phosphoric ester groups is 1. The Morgan fingerprint density at radius 2 is 1.49 bits per heavy atom. The molecular formula is C31H37FN5O7P.